The van der Waals surface area contributed by atoms with Gasteiger partial charge in [0, 0.05) is 0 Å². The zero-order valence-electron chi connectivity index (χ0n) is 3.29. The molecule has 0 aliphatic carbocycles. The molecule has 0 spiro atoms. The molecule has 0 aliphatic heterocycles. The third-order valence-electron chi connectivity index (χ3n) is 0.247. The SMILES string of the molecule is O=C(O)[CH]C(=O)O.[KH].[KH].[KH]. The Hall–Kier alpha value is 3.85. The third kappa shape index (κ3) is 22.6. The summed E-state index contributed by atoms with van der Waals surface area (Å²) in [6.07, 6.45) is 0.167. The second kappa shape index (κ2) is 15.3. The van der Waals surface area contributed by atoms with Gasteiger partial charge in [0.05, 0.1) is 0 Å². The monoisotopic (exact) mass is 223 g/mol. The molecule has 1 radical (unpaired) electrons. The van der Waals surface area contributed by atoms with E-state index in [2.05, 4.69) is 0 Å². The number of carboxylic acid groups (broad SMARTS) is 2. The number of carboxylic acids is 2. The Balaban J connectivity index is -0.0000000600. The average molecular weight is 223 g/mol. The maximum atomic E-state index is 9.37. The van der Waals surface area contributed by atoms with Crippen LogP contribution in [-0.4, -0.2) is 176 Å². The molecule has 0 fully saturated rings. The van der Waals surface area contributed by atoms with Gasteiger partial charge in [-0.05, 0) is 0 Å². The quantitative estimate of drug-likeness (QED) is 0.398. The van der Waals surface area contributed by atoms with Crippen LogP contribution in [0.3, 0.4) is 0 Å². The fraction of sp³-hybridized carbons (Fsp3) is 0. The van der Waals surface area contributed by atoms with Crippen LogP contribution in [0.2, 0.25) is 0 Å². The van der Waals surface area contributed by atoms with Crippen LogP contribution < -0.4 is 0 Å². The van der Waals surface area contributed by atoms with E-state index in [1.165, 1.54) is 0 Å². The van der Waals surface area contributed by atoms with Gasteiger partial charge in [0.1, 0.15) is 0 Å². The molecule has 45 valence electrons. The summed E-state index contributed by atoms with van der Waals surface area (Å²) in [6, 6.07) is 0. The molecule has 4 nitrogen and oxygen atoms in total. The van der Waals surface area contributed by atoms with Crippen molar-refractivity contribution in [3.05, 3.63) is 6.42 Å². The third-order valence-corrected chi connectivity index (χ3v) is 0.247. The number of carbonyl (C=O) groups is 2. The van der Waals surface area contributed by atoms with Gasteiger partial charge >= 0.3 is 166 Å². The van der Waals surface area contributed by atoms with Crippen molar-refractivity contribution in [1.82, 2.24) is 0 Å². The molecule has 0 amide bonds. The van der Waals surface area contributed by atoms with E-state index in [9.17, 15) is 9.59 Å². The van der Waals surface area contributed by atoms with Crippen LogP contribution in [0.5, 0.6) is 0 Å². The number of aliphatic carboxylic acids is 2. The van der Waals surface area contributed by atoms with E-state index in [-0.39, 0.29) is 161 Å². The van der Waals surface area contributed by atoms with Crippen molar-refractivity contribution in [3.8, 4) is 0 Å². The Bertz CT molecular complexity index is 91.9. The molecule has 0 saturated heterocycles. The summed E-state index contributed by atoms with van der Waals surface area (Å²) in [7, 11) is 0. The molecule has 0 bridgehead atoms. The van der Waals surface area contributed by atoms with Gasteiger partial charge in [-0.2, -0.15) is 0 Å². The molecule has 10 heavy (non-hydrogen) atoms. The first-order chi connectivity index (χ1) is 3.13. The van der Waals surface area contributed by atoms with E-state index in [0.717, 1.165) is 0 Å². The first-order valence-corrected chi connectivity index (χ1v) is 1.43. The second-order valence-corrected chi connectivity index (χ2v) is 0.821. The zero-order valence-corrected chi connectivity index (χ0v) is 3.29. The number of rotatable bonds is 2. The van der Waals surface area contributed by atoms with Crippen LogP contribution in [0.1, 0.15) is 0 Å². The van der Waals surface area contributed by atoms with Crippen LogP contribution in [0, 0.1) is 6.42 Å². The minimum absolute atomic E-state index is 0. The van der Waals surface area contributed by atoms with Crippen molar-refractivity contribution in [3.63, 3.8) is 0 Å². The van der Waals surface area contributed by atoms with Crippen molar-refractivity contribution < 1.29 is 19.8 Å². The Morgan fingerprint density at radius 3 is 1.10 bits per heavy atom. The van der Waals surface area contributed by atoms with Crippen molar-refractivity contribution in [2.75, 3.05) is 0 Å². The minimum atomic E-state index is -1.44. The van der Waals surface area contributed by atoms with Crippen molar-refractivity contribution in [1.29, 1.82) is 0 Å². The summed E-state index contributed by atoms with van der Waals surface area (Å²) in [5.74, 6) is -2.87. The molecular formula is C3H6K3O4. The predicted octanol–water partition coefficient (Wildman–Crippen LogP) is -2.59. The Morgan fingerprint density at radius 1 is 0.900 bits per heavy atom. The Morgan fingerprint density at radius 2 is 1.10 bits per heavy atom. The van der Waals surface area contributed by atoms with E-state index in [4.69, 9.17) is 10.2 Å². The Labute approximate surface area is 186 Å². The summed E-state index contributed by atoms with van der Waals surface area (Å²) >= 11 is 0. The van der Waals surface area contributed by atoms with Crippen LogP contribution in [0.15, 0.2) is 0 Å². The summed E-state index contributed by atoms with van der Waals surface area (Å²) in [4.78, 5) is 18.7. The molecule has 0 saturated carbocycles. The average Bonchev–Trinajstić information content (AvgIpc) is 1.27. The van der Waals surface area contributed by atoms with Crippen LogP contribution in [-0.2, 0) is 9.59 Å². The van der Waals surface area contributed by atoms with E-state index >= 15 is 0 Å². The fourth-order valence-corrected chi connectivity index (χ4v) is 0.106. The molecule has 0 aromatic carbocycles. The van der Waals surface area contributed by atoms with Gasteiger partial charge in [-0.15, -0.1) is 0 Å². The number of hydrogen-bond donors (Lipinski definition) is 2. The van der Waals surface area contributed by atoms with Gasteiger partial charge in [0.25, 0.3) is 0 Å². The standard InChI is InChI=1S/C3H3O4.3K.3H/c4-2(5)1-3(6)7;;;;;;/h1H,(H,4,5)(H,6,7);;;;;;. The maximum absolute atomic E-state index is 9.37. The molecular weight excluding hydrogens is 217 g/mol. The van der Waals surface area contributed by atoms with E-state index in [1.54, 1.807) is 0 Å². The van der Waals surface area contributed by atoms with Gasteiger partial charge in [-0.25, -0.2) is 0 Å². The van der Waals surface area contributed by atoms with Crippen LogP contribution >= 0.6 is 0 Å². The van der Waals surface area contributed by atoms with E-state index in [1.807, 2.05) is 0 Å². The van der Waals surface area contributed by atoms with Gasteiger partial charge in [0.2, 0.25) is 0 Å². The molecule has 0 unspecified atom stereocenters. The molecule has 0 atom stereocenters. The van der Waals surface area contributed by atoms with Gasteiger partial charge < -0.3 is 10.2 Å². The summed E-state index contributed by atoms with van der Waals surface area (Å²) in [6.45, 7) is 0. The Kier molecular flexibility index (Phi) is 36.1. The second-order valence-electron chi connectivity index (χ2n) is 0.821. The molecule has 2 N–H and O–H groups in total. The van der Waals surface area contributed by atoms with E-state index < -0.39 is 11.9 Å². The first-order valence-electron chi connectivity index (χ1n) is 1.43. The fourth-order valence-electron chi connectivity index (χ4n) is 0.106. The van der Waals surface area contributed by atoms with Crippen molar-refractivity contribution >= 4 is 166 Å². The zero-order chi connectivity index (χ0) is 5.86. The predicted molar refractivity (Wildman–Crippen MR) is 41.0 cm³/mol. The van der Waals surface area contributed by atoms with Gasteiger partial charge in [-0.3, -0.25) is 9.59 Å². The normalized spacial score (nSPS) is 5.60. The van der Waals surface area contributed by atoms with E-state index in [0.29, 0.717) is 0 Å². The van der Waals surface area contributed by atoms with Gasteiger partial charge in [-0.1, -0.05) is 0 Å². The van der Waals surface area contributed by atoms with Crippen LogP contribution in [0.25, 0.3) is 0 Å². The van der Waals surface area contributed by atoms with Gasteiger partial charge in [0.15, 0.2) is 6.42 Å². The topological polar surface area (TPSA) is 74.6 Å². The molecule has 0 rings (SSSR count). The van der Waals surface area contributed by atoms with Crippen molar-refractivity contribution in [2.45, 2.75) is 0 Å². The molecule has 0 heterocycles. The summed E-state index contributed by atoms with van der Waals surface area (Å²) < 4.78 is 0. The molecule has 0 aliphatic rings. The first kappa shape index (κ1) is 23.6. The molecule has 0 aromatic heterocycles. The van der Waals surface area contributed by atoms with Crippen molar-refractivity contribution in [2.24, 2.45) is 0 Å². The molecule has 7 heteroatoms. The number of hydrogen-bond acceptors (Lipinski definition) is 2. The summed E-state index contributed by atoms with van der Waals surface area (Å²) in [5.41, 5.74) is 0. The van der Waals surface area contributed by atoms with Crippen LogP contribution in [0.4, 0.5) is 0 Å². The summed E-state index contributed by atoms with van der Waals surface area (Å²) in [5, 5.41) is 15.3. The molecule has 0 aromatic rings.